The third-order valence-corrected chi connectivity index (χ3v) is 3.65. The number of carbonyl (C=O) groups is 1. The predicted molar refractivity (Wildman–Crippen MR) is 59.9 cm³/mol. The summed E-state index contributed by atoms with van der Waals surface area (Å²) in [5.74, 6) is 0.753. The van der Waals surface area contributed by atoms with Gasteiger partial charge in [0.05, 0.1) is 17.1 Å². The zero-order chi connectivity index (χ0) is 10.4. The van der Waals surface area contributed by atoms with Gasteiger partial charge >= 0.3 is 5.97 Å². The standard InChI is InChI=1S/C9H13NO2S2/c1-2-8-10-7(6-14-8)5-13-4-3-9(11)12/h6H,2-5H2,1H3,(H,11,12). The van der Waals surface area contributed by atoms with E-state index in [2.05, 4.69) is 11.9 Å². The molecule has 0 unspecified atom stereocenters. The highest BCUT2D eigenvalue weighted by Crippen LogP contribution is 2.16. The van der Waals surface area contributed by atoms with Gasteiger partial charge in [0.2, 0.25) is 0 Å². The lowest BCUT2D eigenvalue weighted by Gasteiger charge is -1.95. The highest BCUT2D eigenvalue weighted by atomic mass is 32.2. The van der Waals surface area contributed by atoms with Gasteiger partial charge in [-0.15, -0.1) is 11.3 Å². The smallest absolute Gasteiger partial charge is 0.304 e. The van der Waals surface area contributed by atoms with Gasteiger partial charge in [0.25, 0.3) is 0 Å². The molecule has 14 heavy (non-hydrogen) atoms. The summed E-state index contributed by atoms with van der Waals surface area (Å²) in [5.41, 5.74) is 1.07. The van der Waals surface area contributed by atoms with Crippen molar-refractivity contribution in [3.63, 3.8) is 0 Å². The Morgan fingerprint density at radius 3 is 3.07 bits per heavy atom. The van der Waals surface area contributed by atoms with Crippen LogP contribution in [0.4, 0.5) is 0 Å². The van der Waals surface area contributed by atoms with Crippen LogP contribution in [0.3, 0.4) is 0 Å². The minimum atomic E-state index is -0.731. The summed E-state index contributed by atoms with van der Waals surface area (Å²) in [6.45, 7) is 2.08. The molecule has 0 saturated carbocycles. The zero-order valence-corrected chi connectivity index (χ0v) is 9.66. The normalized spacial score (nSPS) is 10.4. The number of carboxylic acid groups (broad SMARTS) is 1. The minimum Gasteiger partial charge on any atom is -0.481 e. The topological polar surface area (TPSA) is 50.2 Å². The summed E-state index contributed by atoms with van der Waals surface area (Å²) in [7, 11) is 0. The molecule has 0 aliphatic heterocycles. The van der Waals surface area contributed by atoms with Crippen LogP contribution >= 0.6 is 23.1 Å². The number of aromatic nitrogens is 1. The third kappa shape index (κ3) is 4.11. The fraction of sp³-hybridized carbons (Fsp3) is 0.556. The molecule has 5 heteroatoms. The van der Waals surface area contributed by atoms with Crippen LogP contribution in [0.2, 0.25) is 0 Å². The fourth-order valence-corrected chi connectivity index (χ4v) is 2.58. The molecule has 3 nitrogen and oxygen atoms in total. The Balaban J connectivity index is 2.21. The summed E-state index contributed by atoms with van der Waals surface area (Å²) in [6, 6.07) is 0. The van der Waals surface area contributed by atoms with Crippen LogP contribution in [0.15, 0.2) is 5.38 Å². The van der Waals surface area contributed by atoms with Gasteiger partial charge < -0.3 is 5.11 Å². The maximum atomic E-state index is 10.2. The number of carboxylic acids is 1. The van der Waals surface area contributed by atoms with Crippen LogP contribution < -0.4 is 0 Å². The van der Waals surface area contributed by atoms with E-state index in [-0.39, 0.29) is 6.42 Å². The van der Waals surface area contributed by atoms with Crippen molar-refractivity contribution in [1.82, 2.24) is 4.98 Å². The molecule has 0 atom stereocenters. The Bertz CT molecular complexity index is 299. The number of nitrogens with zero attached hydrogens (tertiary/aromatic N) is 1. The summed E-state index contributed by atoms with van der Waals surface area (Å²) < 4.78 is 0. The zero-order valence-electron chi connectivity index (χ0n) is 8.02. The Kier molecular flexibility index (Phi) is 4.97. The number of thioether (sulfide) groups is 1. The van der Waals surface area contributed by atoms with Gasteiger partial charge in [0, 0.05) is 16.9 Å². The lowest BCUT2D eigenvalue weighted by Crippen LogP contribution is -1.96. The Hall–Kier alpha value is -0.550. The van der Waals surface area contributed by atoms with Crippen molar-refractivity contribution in [1.29, 1.82) is 0 Å². The van der Waals surface area contributed by atoms with Gasteiger partial charge in [-0.3, -0.25) is 4.79 Å². The van der Waals surface area contributed by atoms with Crippen LogP contribution in [0.25, 0.3) is 0 Å². The van der Waals surface area contributed by atoms with E-state index in [1.165, 1.54) is 0 Å². The molecule has 0 aromatic carbocycles. The summed E-state index contributed by atoms with van der Waals surface area (Å²) in [5, 5.41) is 11.6. The van der Waals surface area contributed by atoms with E-state index < -0.39 is 5.97 Å². The van der Waals surface area contributed by atoms with Gasteiger partial charge in [0.15, 0.2) is 0 Å². The van der Waals surface area contributed by atoms with Crippen LogP contribution in [-0.2, 0) is 17.0 Å². The highest BCUT2D eigenvalue weighted by molar-refractivity contribution is 7.98. The molecule has 78 valence electrons. The molecule has 1 aromatic heterocycles. The van der Waals surface area contributed by atoms with Gasteiger partial charge in [0.1, 0.15) is 0 Å². The van der Waals surface area contributed by atoms with Gasteiger partial charge in [-0.2, -0.15) is 11.8 Å². The molecule has 0 fully saturated rings. The maximum Gasteiger partial charge on any atom is 0.304 e. The van der Waals surface area contributed by atoms with Crippen molar-refractivity contribution in [2.75, 3.05) is 5.75 Å². The quantitative estimate of drug-likeness (QED) is 0.764. The first-order valence-electron chi connectivity index (χ1n) is 4.45. The number of hydrogen-bond acceptors (Lipinski definition) is 4. The van der Waals surface area contributed by atoms with Gasteiger partial charge in [-0.1, -0.05) is 6.92 Å². The fourth-order valence-electron chi connectivity index (χ4n) is 0.914. The second-order valence-corrected chi connectivity index (χ2v) is 4.83. The molecule has 0 aliphatic rings. The lowest BCUT2D eigenvalue weighted by molar-refractivity contribution is -0.136. The molecule has 1 aromatic rings. The first-order chi connectivity index (χ1) is 6.72. The van der Waals surface area contributed by atoms with E-state index in [9.17, 15) is 4.79 Å². The maximum absolute atomic E-state index is 10.2. The first-order valence-corrected chi connectivity index (χ1v) is 6.48. The Labute approximate surface area is 91.6 Å². The van der Waals surface area contributed by atoms with Gasteiger partial charge in [-0.25, -0.2) is 4.98 Å². The molecule has 1 heterocycles. The first kappa shape index (κ1) is 11.5. The lowest BCUT2D eigenvalue weighted by atomic mass is 10.5. The monoisotopic (exact) mass is 231 g/mol. The van der Waals surface area contributed by atoms with E-state index in [1.54, 1.807) is 23.1 Å². The van der Waals surface area contributed by atoms with Crippen LogP contribution in [0, 0.1) is 0 Å². The third-order valence-electron chi connectivity index (χ3n) is 1.61. The van der Waals surface area contributed by atoms with Crippen molar-refractivity contribution < 1.29 is 9.90 Å². The molecule has 0 amide bonds. The van der Waals surface area contributed by atoms with Crippen molar-refractivity contribution in [2.45, 2.75) is 25.5 Å². The average Bonchev–Trinajstić information content (AvgIpc) is 2.60. The predicted octanol–water partition coefficient (Wildman–Crippen LogP) is 2.41. The van der Waals surface area contributed by atoms with E-state index >= 15 is 0 Å². The molecule has 0 radical (unpaired) electrons. The summed E-state index contributed by atoms with van der Waals surface area (Å²) >= 11 is 3.29. The SMILES string of the molecule is CCc1nc(CSCCC(=O)O)cs1. The molecule has 0 aliphatic carbocycles. The van der Waals surface area contributed by atoms with Crippen molar-refractivity contribution >= 4 is 29.1 Å². The van der Waals surface area contributed by atoms with Gasteiger partial charge in [-0.05, 0) is 6.42 Å². The molecular formula is C9H13NO2S2. The second kappa shape index (κ2) is 6.03. The van der Waals surface area contributed by atoms with Crippen LogP contribution in [-0.4, -0.2) is 21.8 Å². The number of thiazole rings is 1. The molecule has 0 saturated heterocycles. The van der Waals surface area contributed by atoms with E-state index in [0.29, 0.717) is 5.75 Å². The Morgan fingerprint density at radius 2 is 2.50 bits per heavy atom. The second-order valence-electron chi connectivity index (χ2n) is 2.78. The average molecular weight is 231 g/mol. The Morgan fingerprint density at radius 1 is 1.71 bits per heavy atom. The van der Waals surface area contributed by atoms with E-state index in [0.717, 1.165) is 22.9 Å². The molecule has 0 spiro atoms. The number of aliphatic carboxylic acids is 1. The van der Waals surface area contributed by atoms with Crippen LogP contribution in [0.5, 0.6) is 0 Å². The van der Waals surface area contributed by atoms with Crippen LogP contribution in [0.1, 0.15) is 24.0 Å². The van der Waals surface area contributed by atoms with E-state index in [1.807, 2.05) is 5.38 Å². The number of aryl methyl sites for hydroxylation is 1. The molecular weight excluding hydrogens is 218 g/mol. The summed E-state index contributed by atoms with van der Waals surface area (Å²) in [4.78, 5) is 14.6. The molecule has 1 rings (SSSR count). The van der Waals surface area contributed by atoms with Crippen molar-refractivity contribution in [3.05, 3.63) is 16.1 Å². The van der Waals surface area contributed by atoms with Crippen molar-refractivity contribution in [3.8, 4) is 0 Å². The van der Waals surface area contributed by atoms with E-state index in [4.69, 9.17) is 5.11 Å². The molecule has 0 bridgehead atoms. The molecule has 1 N–H and O–H groups in total. The van der Waals surface area contributed by atoms with Crippen molar-refractivity contribution in [2.24, 2.45) is 0 Å². The largest absolute Gasteiger partial charge is 0.481 e. The number of hydrogen-bond donors (Lipinski definition) is 1. The number of rotatable bonds is 6. The summed E-state index contributed by atoms with van der Waals surface area (Å²) in [6.07, 6.45) is 1.21. The minimum absolute atomic E-state index is 0.232. The highest BCUT2D eigenvalue weighted by Gasteiger charge is 2.01.